The van der Waals surface area contributed by atoms with E-state index >= 15 is 0 Å². The molecule has 3 nitrogen and oxygen atoms in total. The smallest absolute Gasteiger partial charge is 0.146 e. The molecule has 29 heavy (non-hydrogen) atoms. The molecule has 0 saturated heterocycles. The van der Waals surface area contributed by atoms with Gasteiger partial charge in [0.25, 0.3) is 0 Å². The number of ether oxygens (including phenoxy) is 2. The van der Waals surface area contributed by atoms with Gasteiger partial charge in [-0.25, -0.2) is 0 Å². The van der Waals surface area contributed by atoms with Gasteiger partial charge in [0, 0.05) is 22.7 Å². The molecule has 2 aromatic carbocycles. The van der Waals surface area contributed by atoms with Crippen LogP contribution in [0.2, 0.25) is 0 Å². The normalized spacial score (nSPS) is 16.4. The van der Waals surface area contributed by atoms with Crippen LogP contribution in [0, 0.1) is 0 Å². The molecule has 3 aromatic rings. The van der Waals surface area contributed by atoms with E-state index in [2.05, 4.69) is 91.1 Å². The molecular weight excluding hydrogens is 426 g/mol. The molecule has 1 aliphatic rings. The zero-order chi connectivity index (χ0) is 20.6. The highest BCUT2D eigenvalue weighted by Crippen LogP contribution is 2.48. The van der Waals surface area contributed by atoms with Gasteiger partial charge in [0.1, 0.15) is 11.4 Å². The Bertz CT molecular complexity index is 1030. The van der Waals surface area contributed by atoms with Gasteiger partial charge in [-0.3, -0.25) is 4.98 Å². The maximum atomic E-state index is 6.30. The number of halogens is 1. The second-order valence-electron chi connectivity index (χ2n) is 8.47. The Morgan fingerprint density at radius 3 is 2.41 bits per heavy atom. The lowest BCUT2D eigenvalue weighted by Gasteiger charge is -2.24. The molecule has 0 atom stereocenters. The summed E-state index contributed by atoms with van der Waals surface area (Å²) in [5, 5.41) is 0. The summed E-state index contributed by atoms with van der Waals surface area (Å²) in [6, 6.07) is 18.8. The lowest BCUT2D eigenvalue weighted by molar-refractivity contribution is -0.105. The fourth-order valence-electron chi connectivity index (χ4n) is 4.13. The summed E-state index contributed by atoms with van der Waals surface area (Å²) in [4.78, 5) is 4.67. The molecule has 0 spiro atoms. The van der Waals surface area contributed by atoms with Crippen molar-refractivity contribution in [3.05, 3.63) is 82.0 Å². The highest BCUT2D eigenvalue weighted by atomic mass is 79.9. The van der Waals surface area contributed by atoms with Crippen LogP contribution in [0.25, 0.3) is 11.3 Å². The molecule has 1 aliphatic heterocycles. The SMILES string of the molecule is CC1(C)OC(C)(C)c2cc(-c3ncc(Br)cc3OCCc3ccccc3)ccc21. The summed E-state index contributed by atoms with van der Waals surface area (Å²) in [5.74, 6) is 0.784. The van der Waals surface area contributed by atoms with E-state index in [9.17, 15) is 0 Å². The van der Waals surface area contributed by atoms with Crippen molar-refractivity contribution in [2.45, 2.75) is 45.3 Å². The zero-order valence-electron chi connectivity index (χ0n) is 17.3. The van der Waals surface area contributed by atoms with E-state index in [0.29, 0.717) is 6.61 Å². The molecule has 0 unspecified atom stereocenters. The predicted octanol–water partition coefficient (Wildman–Crippen LogP) is 6.63. The van der Waals surface area contributed by atoms with Gasteiger partial charge in [0.15, 0.2) is 0 Å². The van der Waals surface area contributed by atoms with Crippen LogP contribution in [-0.4, -0.2) is 11.6 Å². The quantitative estimate of drug-likeness (QED) is 0.435. The first-order valence-corrected chi connectivity index (χ1v) is 10.7. The predicted molar refractivity (Wildman–Crippen MR) is 120 cm³/mol. The highest BCUT2D eigenvalue weighted by Gasteiger charge is 2.43. The number of pyridine rings is 1. The molecule has 0 bridgehead atoms. The standard InChI is InChI=1S/C25H26BrNO2/c1-24(2)20-11-10-18(14-21(20)25(3,4)29-24)23-22(15-19(26)16-27-23)28-13-12-17-8-6-5-7-9-17/h5-11,14-16H,12-13H2,1-4H3. The Hall–Kier alpha value is -2.17. The number of benzene rings is 2. The summed E-state index contributed by atoms with van der Waals surface area (Å²) in [6.07, 6.45) is 2.67. The van der Waals surface area contributed by atoms with Gasteiger partial charge < -0.3 is 9.47 Å². The molecule has 0 radical (unpaired) electrons. The van der Waals surface area contributed by atoms with Crippen LogP contribution in [-0.2, 0) is 22.4 Å². The van der Waals surface area contributed by atoms with E-state index in [0.717, 1.165) is 27.9 Å². The minimum Gasteiger partial charge on any atom is -0.491 e. The highest BCUT2D eigenvalue weighted by molar-refractivity contribution is 9.10. The Kier molecular flexibility index (Phi) is 5.26. The largest absolute Gasteiger partial charge is 0.491 e. The first-order valence-electron chi connectivity index (χ1n) is 9.94. The summed E-state index contributed by atoms with van der Waals surface area (Å²) < 4.78 is 13.4. The molecule has 150 valence electrons. The molecule has 2 heterocycles. The molecule has 0 aliphatic carbocycles. The minimum atomic E-state index is -0.335. The third kappa shape index (κ3) is 4.10. The van der Waals surface area contributed by atoms with Crippen LogP contribution >= 0.6 is 15.9 Å². The van der Waals surface area contributed by atoms with Gasteiger partial charge in [0.05, 0.1) is 17.8 Å². The van der Waals surface area contributed by atoms with E-state index < -0.39 is 0 Å². The average molecular weight is 452 g/mol. The van der Waals surface area contributed by atoms with Crippen molar-refractivity contribution in [1.82, 2.24) is 4.98 Å². The van der Waals surface area contributed by atoms with Crippen LogP contribution in [0.4, 0.5) is 0 Å². The summed E-state index contributed by atoms with van der Waals surface area (Å²) >= 11 is 3.53. The fourth-order valence-corrected chi connectivity index (χ4v) is 4.44. The maximum absolute atomic E-state index is 6.30. The van der Waals surface area contributed by atoms with Gasteiger partial charge >= 0.3 is 0 Å². The van der Waals surface area contributed by atoms with E-state index in [4.69, 9.17) is 9.47 Å². The van der Waals surface area contributed by atoms with Gasteiger partial charge in [-0.15, -0.1) is 0 Å². The number of hydrogen-bond acceptors (Lipinski definition) is 3. The third-order valence-electron chi connectivity index (χ3n) is 5.41. The number of aromatic nitrogens is 1. The van der Waals surface area contributed by atoms with Crippen molar-refractivity contribution in [2.75, 3.05) is 6.61 Å². The summed E-state index contributed by atoms with van der Waals surface area (Å²) in [6.45, 7) is 9.08. The van der Waals surface area contributed by atoms with Gasteiger partial charge in [0.2, 0.25) is 0 Å². The molecule has 0 N–H and O–H groups in total. The Morgan fingerprint density at radius 2 is 1.66 bits per heavy atom. The van der Waals surface area contributed by atoms with Crippen molar-refractivity contribution >= 4 is 15.9 Å². The van der Waals surface area contributed by atoms with Gasteiger partial charge in [-0.1, -0.05) is 42.5 Å². The van der Waals surface area contributed by atoms with Crippen molar-refractivity contribution in [2.24, 2.45) is 0 Å². The van der Waals surface area contributed by atoms with Crippen LogP contribution in [0.5, 0.6) is 5.75 Å². The molecule has 1 aromatic heterocycles. The van der Waals surface area contributed by atoms with Crippen LogP contribution in [0.3, 0.4) is 0 Å². The van der Waals surface area contributed by atoms with Crippen molar-refractivity contribution in [3.63, 3.8) is 0 Å². The monoisotopic (exact) mass is 451 g/mol. The Balaban J connectivity index is 1.64. The molecule has 0 amide bonds. The number of rotatable bonds is 5. The third-order valence-corrected chi connectivity index (χ3v) is 5.84. The molecular formula is C25H26BrNO2. The summed E-state index contributed by atoms with van der Waals surface area (Å²) in [5.41, 5.74) is 4.97. The zero-order valence-corrected chi connectivity index (χ0v) is 18.9. The molecule has 4 heteroatoms. The van der Waals surface area contributed by atoms with Gasteiger partial charge in [-0.2, -0.15) is 0 Å². The Morgan fingerprint density at radius 1 is 0.931 bits per heavy atom. The molecule has 0 saturated carbocycles. The average Bonchev–Trinajstić information content (AvgIpc) is 2.86. The lowest BCUT2D eigenvalue weighted by Crippen LogP contribution is -2.22. The van der Waals surface area contributed by atoms with Crippen molar-refractivity contribution in [3.8, 4) is 17.0 Å². The number of nitrogens with zero attached hydrogens (tertiary/aromatic N) is 1. The van der Waals surface area contributed by atoms with E-state index in [1.807, 2.05) is 18.3 Å². The second kappa shape index (κ2) is 7.58. The Labute approximate surface area is 181 Å². The minimum absolute atomic E-state index is 0.292. The number of fused-ring (bicyclic) bond motifs is 1. The summed E-state index contributed by atoms with van der Waals surface area (Å²) in [7, 11) is 0. The van der Waals surface area contributed by atoms with Crippen molar-refractivity contribution in [1.29, 1.82) is 0 Å². The van der Waals surface area contributed by atoms with Crippen LogP contribution in [0.15, 0.2) is 65.3 Å². The number of hydrogen-bond donors (Lipinski definition) is 0. The van der Waals surface area contributed by atoms with Crippen molar-refractivity contribution < 1.29 is 9.47 Å². The first kappa shape index (κ1) is 20.1. The topological polar surface area (TPSA) is 31.4 Å². The van der Waals surface area contributed by atoms with E-state index in [1.165, 1.54) is 16.7 Å². The first-order chi connectivity index (χ1) is 13.8. The fraction of sp³-hybridized carbons (Fsp3) is 0.320. The van der Waals surface area contributed by atoms with E-state index in [1.54, 1.807) is 0 Å². The van der Waals surface area contributed by atoms with Crippen LogP contribution in [0.1, 0.15) is 44.4 Å². The van der Waals surface area contributed by atoms with E-state index in [-0.39, 0.29) is 11.2 Å². The second-order valence-corrected chi connectivity index (χ2v) is 9.38. The lowest BCUT2D eigenvalue weighted by atomic mass is 9.88. The molecule has 0 fully saturated rings. The van der Waals surface area contributed by atoms with Gasteiger partial charge in [-0.05, 0) is 72.4 Å². The maximum Gasteiger partial charge on any atom is 0.146 e. The van der Waals surface area contributed by atoms with Crippen LogP contribution < -0.4 is 4.74 Å². The molecule has 4 rings (SSSR count).